The van der Waals surface area contributed by atoms with E-state index in [-0.39, 0.29) is 17.3 Å². The Morgan fingerprint density at radius 2 is 1.93 bits per heavy atom. The molecule has 1 aliphatic heterocycles. The highest BCUT2D eigenvalue weighted by Crippen LogP contribution is 2.42. The summed E-state index contributed by atoms with van der Waals surface area (Å²) in [6.45, 7) is 6.95. The minimum Gasteiger partial charge on any atom is -0.378 e. The van der Waals surface area contributed by atoms with Gasteiger partial charge in [-0.3, -0.25) is 9.88 Å². The molecular formula is C28H34F3I2N9O. The minimum absolute atomic E-state index is 0.0177. The standard InChI is InChI=1S/C28H34F3I2N9O/c1-4-41(10-9-40(3)32)19-20-5-6-21(15-24(20)28(30,31)33-2)37-23-8-7-22(34-16-23)17-36-39-27-35-18-25(29)26(38-27)42-11-13-43-14-12-42/h5-8,15-18,37H,2,4,9-14,19H2,1,3H3,(H,35,38,39)/b36-17+. The molecule has 3 aromatic rings. The number of pyridine rings is 1. The number of rotatable bonds is 14. The second-order valence-corrected chi connectivity index (χ2v) is 13.4. The van der Waals surface area contributed by atoms with Crippen LogP contribution < -0.4 is 15.6 Å². The number of hydrazone groups is 1. The third-order valence-corrected chi connectivity index (χ3v) is 8.64. The number of anilines is 4. The summed E-state index contributed by atoms with van der Waals surface area (Å²) < 4.78 is 52.3. The molecule has 0 aliphatic carbocycles. The SMILES string of the molecule is C=IC(F)(F)c1cc(Nc2ccc(/C=N/Nc3ncc(F)c(N4CCOCC4)n3)nc2)ccc1CN(CC)CCN(C)I. The van der Waals surface area contributed by atoms with Crippen molar-refractivity contribution in [1.29, 1.82) is 0 Å². The molecular weight excluding hydrogens is 789 g/mol. The lowest BCUT2D eigenvalue weighted by molar-refractivity contribution is 0.122. The smallest absolute Gasteiger partial charge is 0.316 e. The molecule has 0 unspecified atom stereocenters. The number of alkyl halides is 3. The largest absolute Gasteiger partial charge is 0.378 e. The number of halogens is 5. The van der Waals surface area contributed by atoms with Crippen LogP contribution in [0.25, 0.3) is 0 Å². The molecule has 2 N–H and O–H groups in total. The van der Waals surface area contributed by atoms with E-state index in [0.717, 1.165) is 25.8 Å². The van der Waals surface area contributed by atoms with Crippen molar-refractivity contribution in [2.24, 2.45) is 5.10 Å². The topological polar surface area (TPSA) is 94.0 Å². The van der Waals surface area contributed by atoms with Crippen LogP contribution in [0.3, 0.4) is 0 Å². The Balaban J connectivity index is 1.41. The Kier molecular flexibility index (Phi) is 12.4. The first-order chi connectivity index (χ1) is 20.7. The van der Waals surface area contributed by atoms with E-state index < -0.39 is 30.5 Å². The maximum Gasteiger partial charge on any atom is 0.316 e. The third-order valence-electron chi connectivity index (χ3n) is 6.62. The van der Waals surface area contributed by atoms with E-state index in [1.54, 1.807) is 29.3 Å². The summed E-state index contributed by atoms with van der Waals surface area (Å²) in [6.07, 6.45) is 4.17. The molecule has 10 nitrogen and oxygen atoms in total. The van der Waals surface area contributed by atoms with Gasteiger partial charge < -0.3 is 15.0 Å². The summed E-state index contributed by atoms with van der Waals surface area (Å²) >= 11 is 0.622. The zero-order valence-corrected chi connectivity index (χ0v) is 28.2. The molecule has 43 heavy (non-hydrogen) atoms. The van der Waals surface area contributed by atoms with Crippen molar-refractivity contribution in [1.82, 2.24) is 23.0 Å². The van der Waals surface area contributed by atoms with Crippen LogP contribution in [0.1, 0.15) is 23.7 Å². The Bertz CT molecular complexity index is 1390. The van der Waals surface area contributed by atoms with Gasteiger partial charge in [-0.15, -0.1) is 0 Å². The summed E-state index contributed by atoms with van der Waals surface area (Å²) in [4.78, 5) is 16.5. The molecule has 1 aromatic carbocycles. The number of ether oxygens (including phenoxy) is 1. The normalized spacial score (nSPS) is 14.2. The van der Waals surface area contributed by atoms with Gasteiger partial charge in [0.2, 0.25) is 5.95 Å². The van der Waals surface area contributed by atoms with E-state index in [2.05, 4.69) is 63.1 Å². The Morgan fingerprint density at radius 3 is 2.60 bits per heavy atom. The summed E-state index contributed by atoms with van der Waals surface area (Å²) in [6, 6.07) is 8.60. The van der Waals surface area contributed by atoms with E-state index in [0.29, 0.717) is 55.5 Å². The molecule has 1 fully saturated rings. The second-order valence-electron chi connectivity index (χ2n) is 9.63. The van der Waals surface area contributed by atoms with Gasteiger partial charge in [0, 0.05) is 66.8 Å². The monoisotopic (exact) mass is 823 g/mol. The number of morpholine rings is 1. The lowest BCUT2D eigenvalue weighted by Gasteiger charge is -2.27. The fourth-order valence-electron chi connectivity index (χ4n) is 4.28. The lowest BCUT2D eigenvalue weighted by atomic mass is 10.1. The van der Waals surface area contributed by atoms with E-state index in [1.807, 2.05) is 23.2 Å². The zero-order valence-electron chi connectivity index (χ0n) is 23.9. The molecule has 232 valence electrons. The van der Waals surface area contributed by atoms with Crippen LogP contribution in [-0.2, 0) is 15.2 Å². The molecule has 2 aromatic heterocycles. The molecule has 0 spiro atoms. The highest BCUT2D eigenvalue weighted by atomic mass is 127. The van der Waals surface area contributed by atoms with Gasteiger partial charge in [-0.05, 0) is 64.2 Å². The number of hydrogen-bond acceptors (Lipinski definition) is 10. The first-order valence-electron chi connectivity index (χ1n) is 13.6. The minimum atomic E-state index is -2.95. The zero-order chi connectivity index (χ0) is 30.8. The molecule has 0 atom stereocenters. The van der Waals surface area contributed by atoms with Crippen LogP contribution in [0.5, 0.6) is 0 Å². The van der Waals surface area contributed by atoms with Crippen molar-refractivity contribution in [3.05, 3.63) is 65.4 Å². The van der Waals surface area contributed by atoms with Gasteiger partial charge in [-0.25, -0.2) is 17.9 Å². The van der Waals surface area contributed by atoms with Gasteiger partial charge in [0.1, 0.15) is 0 Å². The highest BCUT2D eigenvalue weighted by Gasteiger charge is 2.31. The molecule has 0 radical (unpaired) electrons. The van der Waals surface area contributed by atoms with Crippen LogP contribution in [0.4, 0.5) is 36.3 Å². The highest BCUT2D eigenvalue weighted by molar-refractivity contribution is 14.2. The van der Waals surface area contributed by atoms with E-state index in [1.165, 1.54) is 12.3 Å². The van der Waals surface area contributed by atoms with Crippen LogP contribution in [0.15, 0.2) is 47.8 Å². The van der Waals surface area contributed by atoms with Gasteiger partial charge in [-0.2, -0.15) is 18.9 Å². The summed E-state index contributed by atoms with van der Waals surface area (Å²) in [7, 11) is 1.98. The fraction of sp³-hybridized carbons (Fsp3) is 0.393. The maximum atomic E-state index is 15.0. The third kappa shape index (κ3) is 9.75. The van der Waals surface area contributed by atoms with Gasteiger partial charge in [0.15, 0.2) is 11.6 Å². The van der Waals surface area contributed by atoms with E-state index in [9.17, 15) is 4.39 Å². The molecule has 4 rings (SSSR count). The number of nitrogens with zero attached hydrogens (tertiary/aromatic N) is 7. The molecule has 1 saturated heterocycles. The Hall–Kier alpha value is -2.48. The second kappa shape index (κ2) is 16.0. The quantitative estimate of drug-likeness (QED) is 0.0710. The van der Waals surface area contributed by atoms with Crippen molar-refractivity contribution >= 4 is 77.5 Å². The predicted octanol–water partition coefficient (Wildman–Crippen LogP) is 5.59. The number of likely N-dealkylation sites (N-methyl/N-ethyl adjacent to an activating group) is 2. The summed E-state index contributed by atoms with van der Waals surface area (Å²) in [5, 5.41) is 7.28. The van der Waals surface area contributed by atoms with Crippen LogP contribution in [0.2, 0.25) is 0 Å². The number of benzene rings is 1. The predicted molar refractivity (Wildman–Crippen MR) is 183 cm³/mol. The van der Waals surface area contributed by atoms with Crippen LogP contribution >= 0.6 is 43.6 Å². The number of hydrogen-bond donors (Lipinski definition) is 2. The average molecular weight is 823 g/mol. The molecule has 15 heteroatoms. The fourth-order valence-corrected chi connectivity index (χ4v) is 5.41. The number of nitrogens with one attached hydrogen (secondary N) is 2. The van der Waals surface area contributed by atoms with Crippen molar-refractivity contribution in [2.75, 3.05) is 68.6 Å². The van der Waals surface area contributed by atoms with Crippen LogP contribution in [0, 0.1) is 5.82 Å². The average Bonchev–Trinajstić information content (AvgIpc) is 3.01. The van der Waals surface area contributed by atoms with E-state index in [4.69, 9.17) is 4.74 Å². The van der Waals surface area contributed by atoms with Gasteiger partial charge in [0.05, 0.1) is 43.2 Å². The van der Waals surface area contributed by atoms with Crippen molar-refractivity contribution in [3.63, 3.8) is 0 Å². The number of aromatic nitrogens is 3. The summed E-state index contributed by atoms with van der Waals surface area (Å²) in [5.74, 6) is -0.165. The lowest BCUT2D eigenvalue weighted by Crippen LogP contribution is -2.37. The molecule has 3 heterocycles. The first kappa shape index (κ1) is 33.4. The molecule has 0 amide bonds. The Labute approximate surface area is 273 Å². The molecule has 0 saturated carbocycles. The maximum absolute atomic E-state index is 15.0. The van der Waals surface area contributed by atoms with Gasteiger partial charge in [-0.1, -0.05) is 17.5 Å². The first-order valence-corrected chi connectivity index (χ1v) is 17.1. The van der Waals surface area contributed by atoms with Crippen LogP contribution in [-0.4, -0.2) is 86.7 Å². The van der Waals surface area contributed by atoms with Crippen molar-refractivity contribution in [2.45, 2.75) is 17.4 Å². The Morgan fingerprint density at radius 1 is 1.16 bits per heavy atom. The van der Waals surface area contributed by atoms with Gasteiger partial charge >= 0.3 is 3.93 Å². The van der Waals surface area contributed by atoms with Crippen molar-refractivity contribution < 1.29 is 17.9 Å². The summed E-state index contributed by atoms with van der Waals surface area (Å²) in [5.41, 5.74) is 5.04. The van der Waals surface area contributed by atoms with Crippen molar-refractivity contribution in [3.8, 4) is 0 Å². The van der Waals surface area contributed by atoms with E-state index >= 15 is 8.78 Å². The molecule has 0 bridgehead atoms. The molecule has 1 aliphatic rings. The van der Waals surface area contributed by atoms with Gasteiger partial charge in [0.25, 0.3) is 0 Å².